The summed E-state index contributed by atoms with van der Waals surface area (Å²) in [5.74, 6) is -0.427. The predicted molar refractivity (Wildman–Crippen MR) is 77.8 cm³/mol. The second-order valence-electron chi connectivity index (χ2n) is 4.17. The molecule has 2 aromatic heterocycles. The number of thioether (sulfide) groups is 1. The van der Waals surface area contributed by atoms with Crippen LogP contribution in [-0.4, -0.2) is 42.2 Å². The standard InChI is InChI=1S/C13H11N5O2S/c19-10(20)7-21-13-15-12(17-18-13)9-6-14-16-11(9)8-4-2-1-3-5-8/h1-6H,7H2,(H,14,16)(H,19,20)(H,15,17,18). The van der Waals surface area contributed by atoms with Gasteiger partial charge in [0.25, 0.3) is 0 Å². The van der Waals surface area contributed by atoms with Crippen molar-refractivity contribution in [1.82, 2.24) is 25.4 Å². The normalized spacial score (nSPS) is 10.7. The number of benzene rings is 1. The lowest BCUT2D eigenvalue weighted by Gasteiger charge is -1.99. The summed E-state index contributed by atoms with van der Waals surface area (Å²) in [5, 5.41) is 22.8. The first-order valence-corrected chi connectivity index (χ1v) is 7.09. The summed E-state index contributed by atoms with van der Waals surface area (Å²) in [5.41, 5.74) is 2.61. The molecule has 106 valence electrons. The molecule has 0 amide bonds. The van der Waals surface area contributed by atoms with Gasteiger partial charge < -0.3 is 5.11 Å². The van der Waals surface area contributed by atoms with E-state index in [9.17, 15) is 4.79 Å². The van der Waals surface area contributed by atoms with E-state index in [0.29, 0.717) is 11.0 Å². The Morgan fingerprint density at radius 3 is 2.81 bits per heavy atom. The molecule has 0 fully saturated rings. The predicted octanol–water partition coefficient (Wildman–Crippen LogP) is 2.04. The van der Waals surface area contributed by atoms with Gasteiger partial charge in [0.1, 0.15) is 0 Å². The molecular weight excluding hydrogens is 290 g/mol. The van der Waals surface area contributed by atoms with Crippen molar-refractivity contribution in [2.75, 3.05) is 5.75 Å². The third kappa shape index (κ3) is 2.95. The molecule has 1 aromatic carbocycles. The van der Waals surface area contributed by atoms with E-state index in [1.807, 2.05) is 30.3 Å². The largest absolute Gasteiger partial charge is 0.481 e. The van der Waals surface area contributed by atoms with E-state index in [1.54, 1.807) is 6.20 Å². The summed E-state index contributed by atoms with van der Waals surface area (Å²) in [6.45, 7) is 0. The zero-order valence-electron chi connectivity index (χ0n) is 10.8. The first kappa shape index (κ1) is 13.4. The van der Waals surface area contributed by atoms with E-state index < -0.39 is 5.97 Å². The maximum absolute atomic E-state index is 10.5. The van der Waals surface area contributed by atoms with E-state index in [2.05, 4.69) is 25.4 Å². The Morgan fingerprint density at radius 1 is 1.24 bits per heavy atom. The van der Waals surface area contributed by atoms with Gasteiger partial charge in [-0.25, -0.2) is 4.98 Å². The summed E-state index contributed by atoms with van der Waals surface area (Å²) in [6, 6.07) is 9.75. The molecule has 3 N–H and O–H groups in total. The minimum absolute atomic E-state index is 0.0752. The second kappa shape index (κ2) is 5.80. The molecule has 8 heteroatoms. The Kier molecular flexibility index (Phi) is 3.69. The first-order chi connectivity index (χ1) is 10.2. The van der Waals surface area contributed by atoms with Crippen molar-refractivity contribution >= 4 is 17.7 Å². The maximum atomic E-state index is 10.5. The molecule has 0 aliphatic carbocycles. The van der Waals surface area contributed by atoms with Crippen LogP contribution in [0.15, 0.2) is 41.7 Å². The highest BCUT2D eigenvalue weighted by Gasteiger charge is 2.14. The van der Waals surface area contributed by atoms with Crippen molar-refractivity contribution in [2.45, 2.75) is 5.16 Å². The van der Waals surface area contributed by atoms with E-state index in [1.165, 1.54) is 0 Å². The van der Waals surface area contributed by atoms with Crippen LogP contribution in [0.1, 0.15) is 0 Å². The topological polar surface area (TPSA) is 108 Å². The molecule has 0 atom stereocenters. The Bertz CT molecular complexity index is 753. The Morgan fingerprint density at radius 2 is 2.05 bits per heavy atom. The molecule has 7 nitrogen and oxygen atoms in total. The lowest BCUT2D eigenvalue weighted by molar-refractivity contribution is -0.133. The number of rotatable bonds is 5. The summed E-state index contributed by atoms with van der Waals surface area (Å²) in [4.78, 5) is 14.8. The number of aromatic amines is 2. The molecule has 0 saturated heterocycles. The number of carbonyl (C=O) groups is 1. The number of carboxylic acids is 1. The highest BCUT2D eigenvalue weighted by Crippen LogP contribution is 2.28. The summed E-state index contributed by atoms with van der Waals surface area (Å²) in [7, 11) is 0. The SMILES string of the molecule is O=C(O)CSc1n[nH]c(-c2cn[nH]c2-c2ccccc2)n1. The van der Waals surface area contributed by atoms with Crippen LogP contribution in [0, 0.1) is 0 Å². The van der Waals surface area contributed by atoms with Crippen LogP contribution >= 0.6 is 11.8 Å². The maximum Gasteiger partial charge on any atom is 0.313 e. The van der Waals surface area contributed by atoms with Gasteiger partial charge in [-0.15, -0.1) is 5.10 Å². The Hall–Kier alpha value is -2.61. The number of carboxylic acid groups (broad SMARTS) is 1. The highest BCUT2D eigenvalue weighted by molar-refractivity contribution is 7.99. The van der Waals surface area contributed by atoms with Crippen molar-refractivity contribution in [2.24, 2.45) is 0 Å². The number of aromatic nitrogens is 5. The van der Waals surface area contributed by atoms with E-state index >= 15 is 0 Å². The van der Waals surface area contributed by atoms with Crippen LogP contribution in [0.2, 0.25) is 0 Å². The molecule has 3 aromatic rings. The average Bonchev–Trinajstić information content (AvgIpc) is 3.14. The monoisotopic (exact) mass is 301 g/mol. The molecule has 3 rings (SSSR count). The van der Waals surface area contributed by atoms with Gasteiger partial charge in [-0.1, -0.05) is 42.1 Å². The molecule has 0 saturated carbocycles. The van der Waals surface area contributed by atoms with Crippen molar-refractivity contribution in [3.63, 3.8) is 0 Å². The quantitative estimate of drug-likeness (QED) is 0.622. The molecule has 0 bridgehead atoms. The molecule has 2 heterocycles. The molecule has 0 radical (unpaired) electrons. The molecular formula is C13H11N5O2S. The van der Waals surface area contributed by atoms with Crippen molar-refractivity contribution in [3.8, 4) is 22.6 Å². The zero-order valence-corrected chi connectivity index (χ0v) is 11.6. The van der Waals surface area contributed by atoms with Crippen molar-refractivity contribution in [3.05, 3.63) is 36.5 Å². The lowest BCUT2D eigenvalue weighted by atomic mass is 10.1. The van der Waals surface area contributed by atoms with Crippen LogP contribution in [0.4, 0.5) is 0 Å². The molecule has 0 aliphatic heterocycles. The minimum Gasteiger partial charge on any atom is -0.481 e. The third-order valence-electron chi connectivity index (χ3n) is 2.75. The van der Waals surface area contributed by atoms with Crippen molar-refractivity contribution in [1.29, 1.82) is 0 Å². The number of H-pyrrole nitrogens is 2. The van der Waals surface area contributed by atoms with Gasteiger partial charge in [0.05, 0.1) is 23.2 Å². The summed E-state index contributed by atoms with van der Waals surface area (Å²) < 4.78 is 0. The number of aliphatic carboxylic acids is 1. The fourth-order valence-electron chi connectivity index (χ4n) is 1.85. The number of nitrogens with zero attached hydrogens (tertiary/aromatic N) is 3. The number of hydrogen-bond donors (Lipinski definition) is 3. The van der Waals surface area contributed by atoms with Gasteiger partial charge in [0, 0.05) is 5.56 Å². The smallest absolute Gasteiger partial charge is 0.313 e. The summed E-state index contributed by atoms with van der Waals surface area (Å²) >= 11 is 1.06. The fraction of sp³-hybridized carbons (Fsp3) is 0.0769. The van der Waals surface area contributed by atoms with E-state index in [0.717, 1.165) is 28.6 Å². The van der Waals surface area contributed by atoms with Crippen LogP contribution < -0.4 is 0 Å². The van der Waals surface area contributed by atoms with Gasteiger partial charge in [-0.05, 0) is 0 Å². The van der Waals surface area contributed by atoms with Gasteiger partial charge in [0.2, 0.25) is 5.16 Å². The minimum atomic E-state index is -0.903. The molecule has 0 aliphatic rings. The average molecular weight is 301 g/mol. The fourth-order valence-corrected chi connectivity index (χ4v) is 2.37. The molecule has 0 spiro atoms. The van der Waals surface area contributed by atoms with E-state index in [4.69, 9.17) is 5.11 Å². The van der Waals surface area contributed by atoms with Crippen molar-refractivity contribution < 1.29 is 9.90 Å². The van der Waals surface area contributed by atoms with Crippen LogP contribution in [0.25, 0.3) is 22.6 Å². The Balaban J connectivity index is 1.88. The van der Waals surface area contributed by atoms with Crippen LogP contribution in [0.3, 0.4) is 0 Å². The van der Waals surface area contributed by atoms with E-state index in [-0.39, 0.29) is 5.75 Å². The Labute approximate surface area is 123 Å². The zero-order chi connectivity index (χ0) is 14.7. The van der Waals surface area contributed by atoms with Gasteiger partial charge >= 0.3 is 5.97 Å². The third-order valence-corrected chi connectivity index (χ3v) is 3.58. The van der Waals surface area contributed by atoms with Gasteiger partial charge in [-0.3, -0.25) is 15.0 Å². The van der Waals surface area contributed by atoms with Crippen LogP contribution in [0.5, 0.6) is 0 Å². The van der Waals surface area contributed by atoms with Gasteiger partial charge in [0.15, 0.2) is 5.82 Å². The first-order valence-electron chi connectivity index (χ1n) is 6.10. The molecule has 21 heavy (non-hydrogen) atoms. The number of hydrogen-bond acceptors (Lipinski definition) is 5. The molecule has 0 unspecified atom stereocenters. The second-order valence-corrected chi connectivity index (χ2v) is 5.12. The van der Waals surface area contributed by atoms with Crippen LogP contribution in [-0.2, 0) is 4.79 Å². The lowest BCUT2D eigenvalue weighted by Crippen LogP contribution is -1.97. The highest BCUT2D eigenvalue weighted by atomic mass is 32.2. The number of nitrogens with one attached hydrogen (secondary N) is 2. The summed E-state index contributed by atoms with van der Waals surface area (Å²) in [6.07, 6.45) is 1.66. The van der Waals surface area contributed by atoms with Gasteiger partial charge in [-0.2, -0.15) is 5.10 Å².